The van der Waals surface area contributed by atoms with Gasteiger partial charge < -0.3 is 14.2 Å². The molecule has 0 saturated heterocycles. The summed E-state index contributed by atoms with van der Waals surface area (Å²) in [5, 5.41) is 0. The van der Waals surface area contributed by atoms with Gasteiger partial charge in [-0.25, -0.2) is 0 Å². The summed E-state index contributed by atoms with van der Waals surface area (Å²) in [4.78, 5) is 8.89. The van der Waals surface area contributed by atoms with Crippen LogP contribution in [0.2, 0.25) is 0 Å². The number of rotatable bonds is 14. The number of hydrogen-bond acceptors (Lipinski definition) is 5. The van der Waals surface area contributed by atoms with Crippen LogP contribution in [0.15, 0.2) is 36.5 Å². The van der Waals surface area contributed by atoms with Crippen molar-refractivity contribution < 1.29 is 14.2 Å². The molecule has 1 atom stereocenters. The zero-order valence-electron chi connectivity index (χ0n) is 17.5. The summed E-state index contributed by atoms with van der Waals surface area (Å²) in [6, 6.07) is 10.3. The van der Waals surface area contributed by atoms with Crippen LogP contribution in [0.5, 0.6) is 11.8 Å². The molecule has 2 rings (SSSR count). The molecule has 28 heavy (non-hydrogen) atoms. The molecule has 0 fully saturated rings. The topological polar surface area (TPSA) is 53.5 Å². The highest BCUT2D eigenvalue weighted by molar-refractivity contribution is 5.65. The normalized spacial score (nSPS) is 12.0. The fourth-order valence-corrected chi connectivity index (χ4v) is 2.64. The van der Waals surface area contributed by atoms with E-state index < -0.39 is 0 Å². The van der Waals surface area contributed by atoms with Crippen molar-refractivity contribution in [2.75, 3.05) is 20.0 Å². The first-order valence-electron chi connectivity index (χ1n) is 10.5. The van der Waals surface area contributed by atoms with Crippen molar-refractivity contribution in [1.82, 2.24) is 9.97 Å². The van der Waals surface area contributed by atoms with Crippen LogP contribution in [0.4, 0.5) is 0 Å². The van der Waals surface area contributed by atoms with Gasteiger partial charge in [-0.15, -0.1) is 0 Å². The zero-order chi connectivity index (χ0) is 20.0. The van der Waals surface area contributed by atoms with Gasteiger partial charge in [0.2, 0.25) is 0 Å². The third-order valence-electron chi connectivity index (χ3n) is 4.66. The average Bonchev–Trinajstić information content (AvgIpc) is 2.75. The molecule has 0 aliphatic heterocycles. The molecular formula is C23H34N2O3. The van der Waals surface area contributed by atoms with E-state index in [9.17, 15) is 0 Å². The predicted octanol–water partition coefficient (Wildman–Crippen LogP) is 5.89. The van der Waals surface area contributed by atoms with Gasteiger partial charge >= 0.3 is 6.01 Å². The molecule has 0 saturated carbocycles. The number of unbranched alkanes of at least 4 members (excludes halogenated alkanes) is 4. The van der Waals surface area contributed by atoms with Crippen LogP contribution < -0.4 is 9.47 Å². The molecule has 5 heteroatoms. The number of ether oxygens (including phenoxy) is 3. The van der Waals surface area contributed by atoms with E-state index in [2.05, 4.69) is 30.7 Å². The molecule has 0 N–H and O–H groups in total. The molecule has 0 bridgehead atoms. The Hall–Kier alpha value is -2.14. The maximum absolute atomic E-state index is 5.82. The SMILES string of the molecule is CCCCCCCOCOc1cnc(OCC(C)CC)nc1-c1ccccc1. The van der Waals surface area contributed by atoms with Crippen molar-refractivity contribution in [3.8, 4) is 23.0 Å². The Morgan fingerprint density at radius 3 is 2.50 bits per heavy atom. The molecule has 1 aromatic heterocycles. The summed E-state index contributed by atoms with van der Waals surface area (Å²) in [6.07, 6.45) is 8.81. The summed E-state index contributed by atoms with van der Waals surface area (Å²) >= 11 is 0. The van der Waals surface area contributed by atoms with Gasteiger partial charge in [0.25, 0.3) is 0 Å². The average molecular weight is 387 g/mol. The van der Waals surface area contributed by atoms with Gasteiger partial charge in [0.1, 0.15) is 5.69 Å². The minimum atomic E-state index is 0.198. The van der Waals surface area contributed by atoms with E-state index >= 15 is 0 Å². The molecule has 0 amide bonds. The monoisotopic (exact) mass is 386 g/mol. The Morgan fingerprint density at radius 2 is 1.75 bits per heavy atom. The summed E-state index contributed by atoms with van der Waals surface area (Å²) in [7, 11) is 0. The smallest absolute Gasteiger partial charge is 0.317 e. The highest BCUT2D eigenvalue weighted by atomic mass is 16.7. The van der Waals surface area contributed by atoms with Crippen molar-refractivity contribution >= 4 is 0 Å². The van der Waals surface area contributed by atoms with E-state index in [4.69, 9.17) is 14.2 Å². The van der Waals surface area contributed by atoms with Gasteiger partial charge in [-0.3, -0.25) is 0 Å². The second-order valence-corrected chi connectivity index (χ2v) is 7.14. The second kappa shape index (κ2) is 13.1. The Bertz CT molecular complexity index is 664. The highest BCUT2D eigenvalue weighted by Gasteiger charge is 2.12. The Balaban J connectivity index is 1.94. The molecule has 2 aromatic rings. The summed E-state index contributed by atoms with van der Waals surface area (Å²) < 4.78 is 17.2. The lowest BCUT2D eigenvalue weighted by Crippen LogP contribution is -2.10. The molecule has 0 aliphatic rings. The maximum atomic E-state index is 5.82. The maximum Gasteiger partial charge on any atom is 0.317 e. The molecule has 5 nitrogen and oxygen atoms in total. The predicted molar refractivity (Wildman–Crippen MR) is 113 cm³/mol. The van der Waals surface area contributed by atoms with Crippen LogP contribution in [-0.2, 0) is 4.74 Å². The summed E-state index contributed by atoms with van der Waals surface area (Å²) in [5.41, 5.74) is 1.69. The molecule has 1 aromatic carbocycles. The lowest BCUT2D eigenvalue weighted by Gasteiger charge is -2.14. The van der Waals surface area contributed by atoms with Crippen LogP contribution in [0.1, 0.15) is 59.3 Å². The van der Waals surface area contributed by atoms with Crippen molar-refractivity contribution in [3.05, 3.63) is 36.5 Å². The lowest BCUT2D eigenvalue weighted by atomic mass is 10.1. The van der Waals surface area contributed by atoms with Crippen molar-refractivity contribution in [3.63, 3.8) is 0 Å². The van der Waals surface area contributed by atoms with E-state index in [1.54, 1.807) is 6.20 Å². The minimum Gasteiger partial charge on any atom is -0.464 e. The van der Waals surface area contributed by atoms with Crippen LogP contribution in [-0.4, -0.2) is 30.0 Å². The second-order valence-electron chi connectivity index (χ2n) is 7.14. The van der Waals surface area contributed by atoms with Gasteiger partial charge in [0.15, 0.2) is 12.5 Å². The van der Waals surface area contributed by atoms with Gasteiger partial charge in [0, 0.05) is 5.56 Å². The zero-order valence-corrected chi connectivity index (χ0v) is 17.5. The van der Waals surface area contributed by atoms with E-state index in [1.165, 1.54) is 25.7 Å². The molecule has 0 aliphatic carbocycles. The Labute approximate surface area is 169 Å². The van der Waals surface area contributed by atoms with E-state index in [0.717, 1.165) is 24.1 Å². The summed E-state index contributed by atoms with van der Waals surface area (Å²) in [5.74, 6) is 1.07. The molecule has 1 heterocycles. The van der Waals surface area contributed by atoms with Crippen LogP contribution >= 0.6 is 0 Å². The van der Waals surface area contributed by atoms with Gasteiger partial charge in [-0.1, -0.05) is 83.2 Å². The van der Waals surface area contributed by atoms with Crippen LogP contribution in [0, 0.1) is 5.92 Å². The lowest BCUT2D eigenvalue weighted by molar-refractivity contribution is 0.0133. The summed E-state index contributed by atoms with van der Waals surface area (Å²) in [6.45, 7) is 8.02. The van der Waals surface area contributed by atoms with Gasteiger partial charge in [-0.2, -0.15) is 9.97 Å². The van der Waals surface area contributed by atoms with Crippen LogP contribution in [0.25, 0.3) is 11.3 Å². The number of aromatic nitrogens is 2. The van der Waals surface area contributed by atoms with Crippen molar-refractivity contribution in [1.29, 1.82) is 0 Å². The number of hydrogen-bond donors (Lipinski definition) is 0. The molecule has 154 valence electrons. The highest BCUT2D eigenvalue weighted by Crippen LogP contribution is 2.29. The van der Waals surface area contributed by atoms with E-state index in [-0.39, 0.29) is 6.79 Å². The first-order chi connectivity index (χ1) is 13.7. The fraction of sp³-hybridized carbons (Fsp3) is 0.565. The molecular weight excluding hydrogens is 352 g/mol. The van der Waals surface area contributed by atoms with Gasteiger partial charge in [0.05, 0.1) is 19.4 Å². The van der Waals surface area contributed by atoms with Gasteiger partial charge in [-0.05, 0) is 12.3 Å². The van der Waals surface area contributed by atoms with E-state index in [0.29, 0.717) is 30.9 Å². The first-order valence-corrected chi connectivity index (χ1v) is 10.5. The molecule has 1 unspecified atom stereocenters. The first kappa shape index (κ1) is 22.2. The standard InChI is InChI=1S/C23H34N2O3/c1-4-6-7-8-12-15-26-18-28-21-16-24-23(27-17-19(3)5-2)25-22(21)20-13-10-9-11-14-20/h9-11,13-14,16,19H,4-8,12,15,17-18H2,1-3H3. The fourth-order valence-electron chi connectivity index (χ4n) is 2.64. The minimum absolute atomic E-state index is 0.198. The Morgan fingerprint density at radius 1 is 0.964 bits per heavy atom. The third kappa shape index (κ3) is 7.85. The van der Waals surface area contributed by atoms with Crippen molar-refractivity contribution in [2.24, 2.45) is 5.92 Å². The number of benzene rings is 1. The molecule has 0 radical (unpaired) electrons. The largest absolute Gasteiger partial charge is 0.464 e. The third-order valence-corrected chi connectivity index (χ3v) is 4.66. The quantitative estimate of drug-likeness (QED) is 0.299. The van der Waals surface area contributed by atoms with E-state index in [1.807, 2.05) is 30.3 Å². The molecule has 0 spiro atoms. The van der Waals surface area contributed by atoms with Crippen molar-refractivity contribution in [2.45, 2.75) is 59.3 Å². The number of nitrogens with zero attached hydrogens (tertiary/aromatic N) is 2. The Kier molecular flexibility index (Phi) is 10.4. The van der Waals surface area contributed by atoms with Crippen LogP contribution in [0.3, 0.4) is 0 Å².